The molecule has 70 valence electrons. The van der Waals surface area contributed by atoms with Gasteiger partial charge in [-0.1, -0.05) is 0 Å². The molecule has 0 aromatic carbocycles. The zero-order chi connectivity index (χ0) is 8.82. The van der Waals surface area contributed by atoms with Gasteiger partial charge in [0, 0.05) is 0 Å². The number of hydrogen-bond acceptors (Lipinski definition) is 2. The quantitative estimate of drug-likeness (QED) is 0.601. The van der Waals surface area contributed by atoms with Crippen LogP contribution in [-0.4, -0.2) is 22.4 Å². The van der Waals surface area contributed by atoms with Crippen LogP contribution in [0.25, 0.3) is 0 Å². The van der Waals surface area contributed by atoms with Gasteiger partial charge >= 0.3 is 0 Å². The first kappa shape index (κ1) is 8.52. The highest BCUT2D eigenvalue weighted by atomic mass is 16.5. The van der Waals surface area contributed by atoms with Gasteiger partial charge in [-0.15, -0.1) is 0 Å². The van der Waals surface area contributed by atoms with E-state index in [1.54, 1.807) is 0 Å². The monoisotopic (exact) mass is 170 g/mol. The van der Waals surface area contributed by atoms with E-state index in [-0.39, 0.29) is 17.3 Å². The first-order valence-corrected chi connectivity index (χ1v) is 4.92. The van der Waals surface area contributed by atoms with Crippen molar-refractivity contribution in [3.05, 3.63) is 0 Å². The van der Waals surface area contributed by atoms with E-state index in [4.69, 9.17) is 4.74 Å². The van der Waals surface area contributed by atoms with Gasteiger partial charge in [0.25, 0.3) is 0 Å². The van der Waals surface area contributed by atoms with E-state index in [9.17, 15) is 5.11 Å². The average Bonchev–Trinajstić information content (AvgIpc) is 1.98. The molecule has 2 heteroatoms. The molecule has 2 saturated heterocycles. The smallest absolute Gasteiger partial charge is 0.0919 e. The fourth-order valence-electron chi connectivity index (χ4n) is 2.64. The van der Waals surface area contributed by atoms with Gasteiger partial charge in [-0.25, -0.2) is 0 Å². The Labute approximate surface area is 73.9 Å². The van der Waals surface area contributed by atoms with Crippen LogP contribution in [-0.2, 0) is 4.74 Å². The third-order valence-corrected chi connectivity index (χ3v) is 3.51. The van der Waals surface area contributed by atoms with Crippen molar-refractivity contribution in [3.8, 4) is 0 Å². The number of hydrogen-bond donors (Lipinski definition) is 1. The van der Waals surface area contributed by atoms with Crippen LogP contribution in [0.1, 0.15) is 46.0 Å². The molecule has 1 N–H and O–H groups in total. The zero-order valence-electron chi connectivity index (χ0n) is 7.97. The van der Waals surface area contributed by atoms with Gasteiger partial charge in [-0.05, 0) is 46.0 Å². The Balaban J connectivity index is 2.20. The molecule has 2 rings (SSSR count). The summed E-state index contributed by atoms with van der Waals surface area (Å²) in [4.78, 5) is 0. The second-order valence-corrected chi connectivity index (χ2v) is 4.77. The molecule has 2 unspecified atom stereocenters. The molecule has 2 nitrogen and oxygen atoms in total. The molecule has 0 amide bonds. The van der Waals surface area contributed by atoms with Crippen LogP contribution in [0.15, 0.2) is 0 Å². The normalized spacial score (nSPS) is 53.8. The molecule has 0 spiro atoms. The average molecular weight is 170 g/mol. The van der Waals surface area contributed by atoms with Crippen LogP contribution in [0.2, 0.25) is 0 Å². The molecule has 2 fully saturated rings. The molecule has 12 heavy (non-hydrogen) atoms. The third kappa shape index (κ3) is 1.17. The van der Waals surface area contributed by atoms with Crippen molar-refractivity contribution >= 4 is 0 Å². The predicted octanol–water partition coefficient (Wildman–Crippen LogP) is 1.86. The van der Waals surface area contributed by atoms with Crippen LogP contribution < -0.4 is 0 Å². The highest BCUT2D eigenvalue weighted by molar-refractivity contribution is 4.98. The van der Waals surface area contributed by atoms with Gasteiger partial charge < -0.3 is 9.84 Å². The summed E-state index contributed by atoms with van der Waals surface area (Å²) in [6.07, 6.45) is 5.06. The Bertz CT molecular complexity index is 192. The highest BCUT2D eigenvalue weighted by Crippen LogP contribution is 2.45. The third-order valence-electron chi connectivity index (χ3n) is 3.51. The molecule has 2 aliphatic rings. The SMILES string of the molecule is CC12CCCC(C)(O1)[C@H](O)CC2. The summed E-state index contributed by atoms with van der Waals surface area (Å²) in [5.74, 6) is 0. The van der Waals surface area contributed by atoms with E-state index in [1.807, 2.05) is 6.92 Å². The topological polar surface area (TPSA) is 29.5 Å². The Morgan fingerprint density at radius 3 is 2.67 bits per heavy atom. The maximum absolute atomic E-state index is 9.77. The number of aliphatic hydroxyl groups excluding tert-OH is 1. The molecule has 0 aromatic heterocycles. The van der Waals surface area contributed by atoms with Crippen LogP contribution in [0, 0.1) is 0 Å². The second-order valence-electron chi connectivity index (χ2n) is 4.77. The van der Waals surface area contributed by atoms with Crippen LogP contribution in [0.3, 0.4) is 0 Å². The summed E-state index contributed by atoms with van der Waals surface area (Å²) in [7, 11) is 0. The summed E-state index contributed by atoms with van der Waals surface area (Å²) in [6.45, 7) is 4.23. The first-order chi connectivity index (χ1) is 5.54. The van der Waals surface area contributed by atoms with Crippen LogP contribution >= 0.6 is 0 Å². The van der Waals surface area contributed by atoms with Gasteiger partial charge in [-0.2, -0.15) is 0 Å². The summed E-state index contributed by atoms with van der Waals surface area (Å²) in [5, 5.41) is 9.77. The molecule has 0 aliphatic carbocycles. The molecule has 0 aromatic rings. The number of rotatable bonds is 0. The van der Waals surface area contributed by atoms with Crippen LogP contribution in [0.5, 0.6) is 0 Å². The van der Waals surface area contributed by atoms with Crippen molar-refractivity contribution in [1.29, 1.82) is 0 Å². The second kappa shape index (κ2) is 2.46. The lowest BCUT2D eigenvalue weighted by atomic mass is 9.75. The lowest BCUT2D eigenvalue weighted by molar-refractivity contribution is -0.247. The largest absolute Gasteiger partial charge is 0.390 e. The van der Waals surface area contributed by atoms with Gasteiger partial charge in [0.05, 0.1) is 17.3 Å². The predicted molar refractivity (Wildman–Crippen MR) is 47.0 cm³/mol. The van der Waals surface area contributed by atoms with E-state index in [0.29, 0.717) is 0 Å². The van der Waals surface area contributed by atoms with Crippen molar-refractivity contribution in [2.75, 3.05) is 0 Å². The van der Waals surface area contributed by atoms with Crippen molar-refractivity contribution in [3.63, 3.8) is 0 Å². The van der Waals surface area contributed by atoms with E-state index >= 15 is 0 Å². The maximum atomic E-state index is 9.77. The lowest BCUT2D eigenvalue weighted by Gasteiger charge is -2.52. The number of aliphatic hydroxyl groups is 1. The minimum absolute atomic E-state index is 0.0617. The molecule has 2 bridgehead atoms. The number of ether oxygens (including phenoxy) is 1. The Kier molecular flexibility index (Phi) is 1.74. The summed E-state index contributed by atoms with van der Waals surface area (Å²) < 4.78 is 5.96. The molecule has 2 heterocycles. The van der Waals surface area contributed by atoms with E-state index in [2.05, 4.69) is 6.92 Å². The van der Waals surface area contributed by atoms with Crippen molar-refractivity contribution < 1.29 is 9.84 Å². The molecule has 0 saturated carbocycles. The minimum atomic E-state index is -0.245. The van der Waals surface area contributed by atoms with Crippen molar-refractivity contribution in [2.45, 2.75) is 63.3 Å². The molecule has 2 aliphatic heterocycles. The summed E-state index contributed by atoms with van der Waals surface area (Å²) in [6, 6.07) is 0. The fourth-order valence-corrected chi connectivity index (χ4v) is 2.64. The lowest BCUT2D eigenvalue weighted by Crippen LogP contribution is -2.56. The van der Waals surface area contributed by atoms with Gasteiger partial charge in [-0.3, -0.25) is 0 Å². The zero-order valence-corrected chi connectivity index (χ0v) is 7.97. The maximum Gasteiger partial charge on any atom is 0.0919 e. The standard InChI is InChI=1S/C10H18O2/c1-9-5-3-6-10(2,12-9)8(11)4-7-9/h8,11H,3-7H2,1-2H3/t8-,9?,10?/m1/s1. The molecular formula is C10H18O2. The molecular weight excluding hydrogens is 152 g/mol. The first-order valence-electron chi connectivity index (χ1n) is 4.92. The summed E-state index contributed by atoms with van der Waals surface area (Å²) >= 11 is 0. The fraction of sp³-hybridized carbons (Fsp3) is 1.00. The van der Waals surface area contributed by atoms with Gasteiger partial charge in [0.15, 0.2) is 0 Å². The highest BCUT2D eigenvalue weighted by Gasteiger charge is 2.48. The summed E-state index contributed by atoms with van der Waals surface area (Å²) in [5.41, 5.74) is -0.183. The van der Waals surface area contributed by atoms with Crippen LogP contribution in [0.4, 0.5) is 0 Å². The minimum Gasteiger partial charge on any atom is -0.390 e. The van der Waals surface area contributed by atoms with E-state index in [0.717, 1.165) is 25.7 Å². The Morgan fingerprint density at radius 1 is 1.25 bits per heavy atom. The molecule has 0 radical (unpaired) electrons. The Hall–Kier alpha value is -0.0800. The number of fused-ring (bicyclic) bond motifs is 2. The van der Waals surface area contributed by atoms with Crippen molar-refractivity contribution in [1.82, 2.24) is 0 Å². The van der Waals surface area contributed by atoms with E-state index in [1.165, 1.54) is 6.42 Å². The Morgan fingerprint density at radius 2 is 2.00 bits per heavy atom. The van der Waals surface area contributed by atoms with Gasteiger partial charge in [0.1, 0.15) is 0 Å². The van der Waals surface area contributed by atoms with E-state index < -0.39 is 0 Å². The molecule has 3 atom stereocenters. The van der Waals surface area contributed by atoms with Gasteiger partial charge in [0.2, 0.25) is 0 Å². The van der Waals surface area contributed by atoms with Crippen molar-refractivity contribution in [2.24, 2.45) is 0 Å².